The summed E-state index contributed by atoms with van der Waals surface area (Å²) in [6.07, 6.45) is 0. The third-order valence-corrected chi connectivity index (χ3v) is 6.06. The van der Waals surface area contributed by atoms with Crippen LogP contribution >= 0.6 is 0 Å². The largest absolute Gasteiger partial charge is 0.506 e. The molecule has 0 radical (unpaired) electrons. The van der Waals surface area contributed by atoms with Crippen LogP contribution in [0.15, 0.2) is 72.3 Å². The molecule has 1 amide bonds. The van der Waals surface area contributed by atoms with Crippen molar-refractivity contribution in [2.45, 2.75) is 6.04 Å². The van der Waals surface area contributed by atoms with Crippen LogP contribution in [0, 0.1) is 0 Å². The second-order valence-electron chi connectivity index (χ2n) is 8.03. The highest BCUT2D eigenvalue weighted by Gasteiger charge is 2.47. The summed E-state index contributed by atoms with van der Waals surface area (Å²) < 4.78 is 21.0. The molecule has 3 aromatic rings. The first-order valence-corrected chi connectivity index (χ1v) is 11.2. The average Bonchev–Trinajstić information content (AvgIpc) is 3.21. The third kappa shape index (κ3) is 4.47. The molecule has 190 valence electrons. The van der Waals surface area contributed by atoms with E-state index in [0.717, 1.165) is 0 Å². The lowest BCUT2D eigenvalue weighted by Crippen LogP contribution is -2.29. The lowest BCUT2D eigenvalue weighted by molar-refractivity contribution is -0.132. The molecule has 37 heavy (non-hydrogen) atoms. The molecular formula is C28H25NO8. The summed E-state index contributed by atoms with van der Waals surface area (Å²) >= 11 is 0. The molecule has 4 rings (SSSR count). The quantitative estimate of drug-likeness (QED) is 0.222. The fraction of sp³-hybridized carbons (Fsp3) is 0.179. The Bertz CT molecular complexity index is 1390. The van der Waals surface area contributed by atoms with Gasteiger partial charge in [-0.15, -0.1) is 0 Å². The second-order valence-corrected chi connectivity index (χ2v) is 8.03. The van der Waals surface area contributed by atoms with E-state index in [1.807, 2.05) is 0 Å². The molecule has 1 heterocycles. The zero-order chi connectivity index (χ0) is 26.7. The molecule has 0 spiro atoms. The molecule has 0 saturated carbocycles. The SMILES string of the molecule is COC(=O)c1cccc(N2C(=O)C(=O)/C(=C(/O)c3c(OC)cccc3OC)C2c2cccc(OC)c2)c1. The highest BCUT2D eigenvalue weighted by Crippen LogP contribution is 2.45. The number of esters is 1. The maximum absolute atomic E-state index is 13.5. The third-order valence-electron chi connectivity index (χ3n) is 6.06. The molecule has 3 aromatic carbocycles. The number of nitrogens with zero attached hydrogens (tertiary/aromatic N) is 1. The van der Waals surface area contributed by atoms with Gasteiger partial charge < -0.3 is 24.1 Å². The summed E-state index contributed by atoms with van der Waals surface area (Å²) in [5, 5.41) is 11.6. The summed E-state index contributed by atoms with van der Waals surface area (Å²) in [7, 11) is 5.58. The van der Waals surface area contributed by atoms with E-state index in [-0.39, 0.29) is 33.9 Å². The van der Waals surface area contributed by atoms with Gasteiger partial charge in [0.25, 0.3) is 11.7 Å². The van der Waals surface area contributed by atoms with Gasteiger partial charge in [0.2, 0.25) is 0 Å². The minimum atomic E-state index is -1.06. The van der Waals surface area contributed by atoms with Crippen LogP contribution in [0.4, 0.5) is 5.69 Å². The highest BCUT2D eigenvalue weighted by molar-refractivity contribution is 6.51. The van der Waals surface area contributed by atoms with Gasteiger partial charge in [-0.3, -0.25) is 14.5 Å². The molecule has 1 aliphatic rings. The summed E-state index contributed by atoms with van der Waals surface area (Å²) in [5.41, 5.74) is 0.908. The minimum absolute atomic E-state index is 0.127. The molecule has 9 nitrogen and oxygen atoms in total. The van der Waals surface area contributed by atoms with E-state index in [0.29, 0.717) is 11.3 Å². The van der Waals surface area contributed by atoms with E-state index in [1.165, 1.54) is 45.5 Å². The normalized spacial score (nSPS) is 16.4. The number of hydrogen-bond acceptors (Lipinski definition) is 8. The van der Waals surface area contributed by atoms with Gasteiger partial charge in [-0.2, -0.15) is 0 Å². The monoisotopic (exact) mass is 503 g/mol. The second kappa shape index (κ2) is 10.4. The number of carbonyl (C=O) groups excluding carboxylic acids is 3. The summed E-state index contributed by atoms with van der Waals surface area (Å²) in [5.74, 6) is -1.88. The molecule has 1 saturated heterocycles. The number of aliphatic hydroxyl groups is 1. The molecule has 1 unspecified atom stereocenters. The number of aliphatic hydroxyl groups excluding tert-OH is 1. The van der Waals surface area contributed by atoms with E-state index in [4.69, 9.17) is 18.9 Å². The first kappa shape index (κ1) is 25.3. The molecule has 1 aliphatic heterocycles. The van der Waals surface area contributed by atoms with E-state index >= 15 is 0 Å². The maximum atomic E-state index is 13.5. The van der Waals surface area contributed by atoms with Crippen molar-refractivity contribution in [3.63, 3.8) is 0 Å². The van der Waals surface area contributed by atoms with Gasteiger partial charge in [0.15, 0.2) is 0 Å². The van der Waals surface area contributed by atoms with Crippen LogP contribution in [0.5, 0.6) is 17.2 Å². The van der Waals surface area contributed by atoms with Crippen LogP contribution in [0.2, 0.25) is 0 Å². The predicted molar refractivity (Wildman–Crippen MR) is 135 cm³/mol. The van der Waals surface area contributed by atoms with Crippen molar-refractivity contribution in [3.05, 3.63) is 89.0 Å². The standard InChI is InChI=1S/C28H25NO8/c1-34-19-11-6-8-16(15-19)24-23(25(30)22-20(35-2)12-7-13-21(22)36-3)26(31)27(32)29(24)18-10-5-9-17(14-18)28(33)37-4/h5-15,24,30H,1-4H3/b25-23+. The number of ketones is 1. The van der Waals surface area contributed by atoms with Gasteiger partial charge in [-0.25, -0.2) is 4.79 Å². The molecule has 1 N–H and O–H groups in total. The first-order valence-electron chi connectivity index (χ1n) is 11.2. The smallest absolute Gasteiger partial charge is 0.337 e. The molecular weight excluding hydrogens is 478 g/mol. The predicted octanol–water partition coefficient (Wildman–Crippen LogP) is 4.13. The highest BCUT2D eigenvalue weighted by atomic mass is 16.5. The number of carbonyl (C=O) groups is 3. The average molecular weight is 504 g/mol. The van der Waals surface area contributed by atoms with Crippen molar-refractivity contribution in [1.82, 2.24) is 0 Å². The van der Waals surface area contributed by atoms with E-state index in [2.05, 4.69) is 0 Å². The Morgan fingerprint density at radius 1 is 0.838 bits per heavy atom. The van der Waals surface area contributed by atoms with Crippen LogP contribution in [-0.4, -0.2) is 51.2 Å². The molecule has 9 heteroatoms. The number of ether oxygens (including phenoxy) is 4. The van der Waals surface area contributed by atoms with Crippen molar-refractivity contribution < 1.29 is 38.4 Å². The number of anilines is 1. The van der Waals surface area contributed by atoms with Crippen LogP contribution in [-0.2, 0) is 14.3 Å². The van der Waals surface area contributed by atoms with Gasteiger partial charge in [0.1, 0.15) is 28.6 Å². The Labute approximate surface area is 213 Å². The van der Waals surface area contributed by atoms with Gasteiger partial charge in [0, 0.05) is 5.69 Å². The van der Waals surface area contributed by atoms with Gasteiger partial charge in [-0.1, -0.05) is 24.3 Å². The fourth-order valence-corrected chi connectivity index (χ4v) is 4.35. The minimum Gasteiger partial charge on any atom is -0.506 e. The topological polar surface area (TPSA) is 112 Å². The summed E-state index contributed by atoms with van der Waals surface area (Å²) in [6, 6.07) is 16.8. The van der Waals surface area contributed by atoms with Crippen molar-refractivity contribution in [2.24, 2.45) is 0 Å². The lowest BCUT2D eigenvalue weighted by Gasteiger charge is -2.26. The number of methoxy groups -OCH3 is 4. The van der Waals surface area contributed by atoms with E-state index < -0.39 is 29.5 Å². The van der Waals surface area contributed by atoms with E-state index in [9.17, 15) is 19.5 Å². The maximum Gasteiger partial charge on any atom is 0.337 e. The number of amides is 1. The van der Waals surface area contributed by atoms with Gasteiger partial charge in [0.05, 0.1) is 45.6 Å². The van der Waals surface area contributed by atoms with Crippen molar-refractivity contribution >= 4 is 29.1 Å². The Morgan fingerprint density at radius 2 is 1.49 bits per heavy atom. The summed E-state index contributed by atoms with van der Waals surface area (Å²) in [6.45, 7) is 0. The zero-order valence-corrected chi connectivity index (χ0v) is 20.7. The number of benzene rings is 3. The molecule has 1 fully saturated rings. The number of Topliss-reactive ketones (excluding diaryl/α,β-unsaturated/α-hetero) is 1. The number of rotatable bonds is 7. The Kier molecular flexibility index (Phi) is 7.15. The van der Waals surface area contributed by atoms with Crippen molar-refractivity contribution in [3.8, 4) is 17.2 Å². The first-order chi connectivity index (χ1) is 17.9. The lowest BCUT2D eigenvalue weighted by atomic mass is 9.94. The fourth-order valence-electron chi connectivity index (χ4n) is 4.35. The van der Waals surface area contributed by atoms with Crippen LogP contribution in [0.25, 0.3) is 5.76 Å². The number of hydrogen-bond donors (Lipinski definition) is 1. The molecule has 1 atom stereocenters. The van der Waals surface area contributed by atoms with Crippen LogP contribution in [0.1, 0.15) is 27.5 Å². The molecule has 0 aliphatic carbocycles. The Balaban J connectivity index is 2.02. The Hall–Kier alpha value is -4.79. The molecule has 0 aromatic heterocycles. The van der Waals surface area contributed by atoms with Gasteiger partial charge in [-0.05, 0) is 48.0 Å². The van der Waals surface area contributed by atoms with Crippen LogP contribution < -0.4 is 19.1 Å². The summed E-state index contributed by atoms with van der Waals surface area (Å²) in [4.78, 5) is 40.4. The van der Waals surface area contributed by atoms with Crippen molar-refractivity contribution in [2.75, 3.05) is 33.3 Å². The Morgan fingerprint density at radius 3 is 2.11 bits per heavy atom. The van der Waals surface area contributed by atoms with Crippen LogP contribution in [0.3, 0.4) is 0 Å². The van der Waals surface area contributed by atoms with Gasteiger partial charge >= 0.3 is 5.97 Å². The molecule has 0 bridgehead atoms. The van der Waals surface area contributed by atoms with Crippen molar-refractivity contribution in [1.29, 1.82) is 0 Å². The zero-order valence-electron chi connectivity index (χ0n) is 20.7. The van der Waals surface area contributed by atoms with E-state index in [1.54, 1.807) is 54.6 Å².